The van der Waals surface area contributed by atoms with Crippen LogP contribution in [0.15, 0.2) is 72.0 Å². The number of anilines is 1. The molecule has 0 aliphatic heterocycles. The van der Waals surface area contributed by atoms with Gasteiger partial charge in [0.25, 0.3) is 10.0 Å². The third-order valence-electron chi connectivity index (χ3n) is 3.45. The highest BCUT2D eigenvalue weighted by Gasteiger charge is 2.25. The Kier molecular flexibility index (Phi) is 4.96. The van der Waals surface area contributed by atoms with Gasteiger partial charge in [0.1, 0.15) is 15.9 Å². The predicted molar refractivity (Wildman–Crippen MR) is 93.3 cm³/mol. The normalized spacial score (nSPS) is 11.3. The maximum atomic E-state index is 13.2. The van der Waals surface area contributed by atoms with Gasteiger partial charge in [0.2, 0.25) is 0 Å². The molecule has 0 unspecified atom stereocenters. The molecule has 0 saturated heterocycles. The van der Waals surface area contributed by atoms with Gasteiger partial charge >= 0.3 is 0 Å². The van der Waals surface area contributed by atoms with Crippen molar-refractivity contribution in [2.45, 2.75) is 11.4 Å². The summed E-state index contributed by atoms with van der Waals surface area (Å²) in [6.07, 6.45) is 4.37. The molecule has 8 heteroatoms. The second-order valence-corrected chi connectivity index (χ2v) is 7.42. The average molecular weight is 378 g/mol. The Labute approximate surface area is 149 Å². The molecule has 0 aliphatic rings. The van der Waals surface area contributed by atoms with Gasteiger partial charge in [-0.2, -0.15) is 0 Å². The van der Waals surface area contributed by atoms with Crippen LogP contribution in [0.1, 0.15) is 5.56 Å². The van der Waals surface area contributed by atoms with E-state index in [4.69, 9.17) is 11.6 Å². The molecule has 0 aliphatic carbocycles. The van der Waals surface area contributed by atoms with E-state index in [9.17, 15) is 12.8 Å². The molecule has 2 heterocycles. The molecule has 5 nitrogen and oxygen atoms in total. The number of hydrogen-bond donors (Lipinski definition) is 0. The van der Waals surface area contributed by atoms with Gasteiger partial charge in [-0.1, -0.05) is 17.7 Å². The minimum absolute atomic E-state index is 0.00915. The van der Waals surface area contributed by atoms with E-state index < -0.39 is 15.8 Å². The highest BCUT2D eigenvalue weighted by molar-refractivity contribution is 7.92. The number of pyridine rings is 2. The van der Waals surface area contributed by atoms with Crippen LogP contribution in [0, 0.1) is 5.82 Å². The van der Waals surface area contributed by atoms with Crippen molar-refractivity contribution in [3.63, 3.8) is 0 Å². The SMILES string of the molecule is O=S(=O)(c1ccc(Cl)nc1)N(Cc1cccnc1)c1ccc(F)cc1. The van der Waals surface area contributed by atoms with Crippen LogP contribution in [-0.2, 0) is 16.6 Å². The molecule has 2 aromatic heterocycles. The van der Waals surface area contributed by atoms with Gasteiger partial charge in [0, 0.05) is 18.6 Å². The van der Waals surface area contributed by atoms with Gasteiger partial charge in [-0.25, -0.2) is 17.8 Å². The van der Waals surface area contributed by atoms with Gasteiger partial charge in [-0.15, -0.1) is 0 Å². The Morgan fingerprint density at radius 1 is 1.04 bits per heavy atom. The van der Waals surface area contributed by atoms with Crippen LogP contribution in [0.25, 0.3) is 0 Å². The molecule has 25 heavy (non-hydrogen) atoms. The topological polar surface area (TPSA) is 63.2 Å². The zero-order chi connectivity index (χ0) is 17.9. The number of rotatable bonds is 5. The molecule has 0 spiro atoms. The van der Waals surface area contributed by atoms with Crippen LogP contribution in [0.3, 0.4) is 0 Å². The van der Waals surface area contributed by atoms with Crippen molar-refractivity contribution < 1.29 is 12.8 Å². The fourth-order valence-corrected chi connectivity index (χ4v) is 3.73. The van der Waals surface area contributed by atoms with Gasteiger partial charge in [-0.3, -0.25) is 9.29 Å². The van der Waals surface area contributed by atoms with Crippen LogP contribution >= 0.6 is 11.6 Å². The van der Waals surface area contributed by atoms with Gasteiger partial charge in [0.05, 0.1) is 12.2 Å². The van der Waals surface area contributed by atoms with Gasteiger partial charge < -0.3 is 0 Å². The van der Waals surface area contributed by atoms with Crippen molar-refractivity contribution in [2.24, 2.45) is 0 Å². The predicted octanol–water partition coefficient (Wildman–Crippen LogP) is 3.66. The third-order valence-corrected chi connectivity index (χ3v) is 5.43. The lowest BCUT2D eigenvalue weighted by Crippen LogP contribution is -2.30. The van der Waals surface area contributed by atoms with E-state index in [0.717, 1.165) is 0 Å². The van der Waals surface area contributed by atoms with E-state index in [0.29, 0.717) is 11.3 Å². The molecular weight excluding hydrogens is 365 g/mol. The molecule has 0 N–H and O–H groups in total. The summed E-state index contributed by atoms with van der Waals surface area (Å²) >= 11 is 5.74. The first kappa shape index (κ1) is 17.3. The summed E-state index contributed by atoms with van der Waals surface area (Å²) in [5.74, 6) is -0.448. The lowest BCUT2D eigenvalue weighted by molar-refractivity contribution is 0.589. The Bertz CT molecular complexity index is 949. The maximum absolute atomic E-state index is 13.2. The van der Waals surface area contributed by atoms with Crippen LogP contribution in [0.5, 0.6) is 0 Å². The number of nitrogens with zero attached hydrogens (tertiary/aromatic N) is 3. The third kappa shape index (κ3) is 3.94. The van der Waals surface area contributed by atoms with Crippen molar-refractivity contribution in [2.75, 3.05) is 4.31 Å². The highest BCUT2D eigenvalue weighted by atomic mass is 35.5. The lowest BCUT2D eigenvalue weighted by atomic mass is 10.2. The van der Waals surface area contributed by atoms with Gasteiger partial charge in [0.15, 0.2) is 0 Å². The summed E-state index contributed by atoms with van der Waals surface area (Å²) in [6.45, 7) is 0.0461. The summed E-state index contributed by atoms with van der Waals surface area (Å²) in [6, 6.07) is 11.5. The number of halogens is 2. The van der Waals surface area contributed by atoms with E-state index in [2.05, 4.69) is 9.97 Å². The molecular formula is C17H13ClFN3O2S. The monoisotopic (exact) mass is 377 g/mol. The molecule has 0 fully saturated rings. The zero-order valence-electron chi connectivity index (χ0n) is 12.9. The lowest BCUT2D eigenvalue weighted by Gasteiger charge is -2.24. The first-order valence-electron chi connectivity index (χ1n) is 7.25. The second-order valence-electron chi connectivity index (χ2n) is 5.17. The molecule has 0 atom stereocenters. The van der Waals surface area contributed by atoms with Crippen molar-refractivity contribution in [1.82, 2.24) is 9.97 Å². The molecule has 128 valence electrons. The fraction of sp³-hybridized carbons (Fsp3) is 0.0588. The molecule has 1 aromatic carbocycles. The van der Waals surface area contributed by atoms with Crippen LogP contribution in [-0.4, -0.2) is 18.4 Å². The number of hydrogen-bond acceptors (Lipinski definition) is 4. The van der Waals surface area contributed by atoms with Crippen LogP contribution < -0.4 is 4.31 Å². The minimum Gasteiger partial charge on any atom is -0.264 e. The van der Waals surface area contributed by atoms with Gasteiger partial charge in [-0.05, 0) is 48.0 Å². The number of sulfonamides is 1. The summed E-state index contributed by atoms with van der Waals surface area (Å²) < 4.78 is 40.5. The quantitative estimate of drug-likeness (QED) is 0.636. The zero-order valence-corrected chi connectivity index (χ0v) is 14.5. The Morgan fingerprint density at radius 2 is 1.80 bits per heavy atom. The minimum atomic E-state index is -3.92. The Morgan fingerprint density at radius 3 is 2.40 bits per heavy atom. The first-order valence-corrected chi connectivity index (χ1v) is 9.07. The molecule has 3 aromatic rings. The standard InChI is InChI=1S/C17H13ClFN3O2S/c18-17-8-7-16(11-21-17)25(23,24)22(12-13-2-1-9-20-10-13)15-5-3-14(19)4-6-15/h1-11H,12H2. The Balaban J connectivity index is 2.06. The Hall–Kier alpha value is -2.51. The van der Waals surface area contributed by atoms with E-state index in [-0.39, 0.29) is 16.6 Å². The maximum Gasteiger partial charge on any atom is 0.266 e. The number of aromatic nitrogens is 2. The van der Waals surface area contributed by atoms with Crippen LogP contribution in [0.2, 0.25) is 5.15 Å². The first-order chi connectivity index (χ1) is 12.0. The molecule has 0 radical (unpaired) electrons. The van der Waals surface area contributed by atoms with E-state index >= 15 is 0 Å². The van der Waals surface area contributed by atoms with E-state index in [1.807, 2.05) is 0 Å². The highest BCUT2D eigenvalue weighted by Crippen LogP contribution is 2.26. The molecule has 0 bridgehead atoms. The summed E-state index contributed by atoms with van der Waals surface area (Å²) in [7, 11) is -3.92. The van der Waals surface area contributed by atoms with Crippen molar-refractivity contribution in [1.29, 1.82) is 0 Å². The smallest absolute Gasteiger partial charge is 0.264 e. The summed E-state index contributed by atoms with van der Waals surface area (Å²) in [5.41, 5.74) is 1.03. The summed E-state index contributed by atoms with van der Waals surface area (Å²) in [4.78, 5) is 7.82. The van der Waals surface area contributed by atoms with E-state index in [1.165, 1.54) is 46.9 Å². The molecule has 0 amide bonds. The number of benzene rings is 1. The van der Waals surface area contributed by atoms with Crippen molar-refractivity contribution in [3.05, 3.63) is 83.7 Å². The summed E-state index contributed by atoms with van der Waals surface area (Å²) in [5, 5.41) is 0.194. The average Bonchev–Trinajstić information content (AvgIpc) is 2.62. The van der Waals surface area contributed by atoms with Crippen molar-refractivity contribution in [3.8, 4) is 0 Å². The van der Waals surface area contributed by atoms with Crippen LogP contribution in [0.4, 0.5) is 10.1 Å². The molecule has 3 rings (SSSR count). The van der Waals surface area contributed by atoms with E-state index in [1.54, 1.807) is 24.5 Å². The largest absolute Gasteiger partial charge is 0.266 e. The second kappa shape index (κ2) is 7.16. The van der Waals surface area contributed by atoms with Crippen molar-refractivity contribution >= 4 is 27.3 Å². The molecule has 0 saturated carbocycles. The fourth-order valence-electron chi connectivity index (χ4n) is 2.22.